The molecule has 0 fully saturated rings. The molecular weight excluding hydrogens is 91.1 g/mol. The molecule has 0 saturated heterocycles. The summed E-state index contributed by atoms with van der Waals surface area (Å²) in [5.74, 6) is 0. The van der Waals surface area contributed by atoms with E-state index in [1.54, 1.807) is 0 Å². The fourth-order valence-corrected chi connectivity index (χ4v) is 0.458. The molecule has 0 aliphatic heterocycles. The zero-order valence-electron chi connectivity index (χ0n) is 4.78. The van der Waals surface area contributed by atoms with Crippen molar-refractivity contribution in [3.05, 3.63) is 6.92 Å². The maximum atomic E-state index is 12.1. The van der Waals surface area contributed by atoms with Gasteiger partial charge < -0.3 is 0 Å². The minimum absolute atomic E-state index is 0.424. The van der Waals surface area contributed by atoms with Crippen molar-refractivity contribution < 1.29 is 4.39 Å². The third kappa shape index (κ3) is 3.77. The van der Waals surface area contributed by atoms with Crippen molar-refractivity contribution in [3.63, 3.8) is 0 Å². The fraction of sp³-hybridized carbons (Fsp3) is 0.833. The van der Waals surface area contributed by atoms with Gasteiger partial charge in [0.2, 0.25) is 0 Å². The van der Waals surface area contributed by atoms with Crippen LogP contribution in [0.2, 0.25) is 0 Å². The van der Waals surface area contributed by atoms with Crippen molar-refractivity contribution in [3.8, 4) is 0 Å². The van der Waals surface area contributed by atoms with E-state index in [9.17, 15) is 4.39 Å². The summed E-state index contributed by atoms with van der Waals surface area (Å²) >= 11 is 0. The van der Waals surface area contributed by atoms with Crippen LogP contribution in [0.1, 0.15) is 26.2 Å². The van der Waals surface area contributed by atoms with Gasteiger partial charge in [-0.25, -0.2) is 4.39 Å². The van der Waals surface area contributed by atoms with Gasteiger partial charge in [0.05, 0.1) is 0 Å². The molecule has 0 amide bonds. The van der Waals surface area contributed by atoms with Crippen LogP contribution in [-0.2, 0) is 0 Å². The molecule has 0 unspecified atom stereocenters. The first-order valence-corrected chi connectivity index (χ1v) is 2.74. The lowest BCUT2D eigenvalue weighted by Gasteiger charge is -1.98. The second-order valence-electron chi connectivity index (χ2n) is 1.67. The highest BCUT2D eigenvalue weighted by Gasteiger charge is 1.97. The van der Waals surface area contributed by atoms with E-state index in [0.717, 1.165) is 6.42 Å². The molecule has 43 valence electrons. The van der Waals surface area contributed by atoms with Crippen LogP contribution in [0.4, 0.5) is 4.39 Å². The van der Waals surface area contributed by atoms with Crippen molar-refractivity contribution >= 4 is 0 Å². The van der Waals surface area contributed by atoms with Crippen LogP contribution in [0.5, 0.6) is 0 Å². The van der Waals surface area contributed by atoms with E-state index in [-0.39, 0.29) is 0 Å². The van der Waals surface area contributed by atoms with Crippen LogP contribution in [0.3, 0.4) is 0 Å². The van der Waals surface area contributed by atoms with Gasteiger partial charge in [0.1, 0.15) is 6.17 Å². The fourth-order valence-electron chi connectivity index (χ4n) is 0.458. The second-order valence-corrected chi connectivity index (χ2v) is 1.67. The van der Waals surface area contributed by atoms with Crippen LogP contribution in [0.15, 0.2) is 0 Å². The first-order chi connectivity index (χ1) is 3.31. The monoisotopic (exact) mass is 103 g/mol. The number of alkyl halides is 1. The van der Waals surface area contributed by atoms with Crippen LogP contribution in [-0.4, -0.2) is 6.17 Å². The molecule has 0 bridgehead atoms. The Labute approximate surface area is 44.7 Å². The first-order valence-electron chi connectivity index (χ1n) is 2.74. The Hall–Kier alpha value is -0.0700. The van der Waals surface area contributed by atoms with E-state index in [4.69, 9.17) is 0 Å². The SMILES string of the molecule is [CH2]C[C@@H](F)CCC. The number of rotatable bonds is 3. The molecule has 1 heteroatoms. The average Bonchev–Trinajstić information content (AvgIpc) is 1.68. The number of halogens is 1. The van der Waals surface area contributed by atoms with Gasteiger partial charge in [0.25, 0.3) is 0 Å². The molecule has 0 aromatic carbocycles. The Morgan fingerprint density at radius 2 is 2.29 bits per heavy atom. The van der Waals surface area contributed by atoms with Gasteiger partial charge in [-0.05, 0) is 12.8 Å². The van der Waals surface area contributed by atoms with Crippen LogP contribution < -0.4 is 0 Å². The molecule has 0 N–H and O–H groups in total. The zero-order chi connectivity index (χ0) is 5.70. The van der Waals surface area contributed by atoms with Crippen molar-refractivity contribution in [1.82, 2.24) is 0 Å². The van der Waals surface area contributed by atoms with Gasteiger partial charge in [-0.3, -0.25) is 0 Å². The molecule has 0 rings (SSSR count). The van der Waals surface area contributed by atoms with Crippen molar-refractivity contribution in [2.75, 3.05) is 0 Å². The molecule has 1 atom stereocenters. The van der Waals surface area contributed by atoms with E-state index in [1.807, 2.05) is 6.92 Å². The molecule has 0 nitrogen and oxygen atoms in total. The highest BCUT2D eigenvalue weighted by molar-refractivity contribution is 4.54. The quantitative estimate of drug-likeness (QED) is 0.514. The van der Waals surface area contributed by atoms with E-state index in [2.05, 4.69) is 6.92 Å². The third-order valence-electron chi connectivity index (χ3n) is 0.915. The Kier molecular flexibility index (Phi) is 4.06. The van der Waals surface area contributed by atoms with Gasteiger partial charge in [-0.1, -0.05) is 20.3 Å². The van der Waals surface area contributed by atoms with Crippen molar-refractivity contribution in [1.29, 1.82) is 0 Å². The summed E-state index contributed by atoms with van der Waals surface area (Å²) in [7, 11) is 0. The van der Waals surface area contributed by atoms with E-state index in [0.29, 0.717) is 12.8 Å². The molecule has 0 aliphatic rings. The Balaban J connectivity index is 2.83. The molecule has 0 saturated carbocycles. The van der Waals surface area contributed by atoms with Crippen LogP contribution >= 0.6 is 0 Å². The molecule has 0 heterocycles. The normalized spacial score (nSPS) is 14.1. The largest absolute Gasteiger partial charge is 0.247 e. The topological polar surface area (TPSA) is 0 Å². The summed E-state index contributed by atoms with van der Waals surface area (Å²) < 4.78 is 12.1. The van der Waals surface area contributed by atoms with Crippen LogP contribution in [0, 0.1) is 6.92 Å². The Morgan fingerprint density at radius 1 is 1.71 bits per heavy atom. The van der Waals surface area contributed by atoms with Gasteiger partial charge >= 0.3 is 0 Å². The Bertz CT molecular complexity index is 35.2. The standard InChI is InChI=1S/C6H12F/c1-3-5-6(7)4-2/h6H,2-5H2,1H3/t6-/m1/s1. The van der Waals surface area contributed by atoms with Gasteiger partial charge in [-0.15, -0.1) is 0 Å². The van der Waals surface area contributed by atoms with Gasteiger partial charge in [0, 0.05) is 0 Å². The molecule has 0 aliphatic carbocycles. The maximum Gasteiger partial charge on any atom is 0.100 e. The lowest BCUT2D eigenvalue weighted by atomic mass is 10.2. The number of hydrogen-bond donors (Lipinski definition) is 0. The Morgan fingerprint density at radius 3 is 2.43 bits per heavy atom. The molecule has 1 radical (unpaired) electrons. The minimum atomic E-state index is -0.662. The van der Waals surface area contributed by atoms with Gasteiger partial charge in [-0.2, -0.15) is 0 Å². The summed E-state index contributed by atoms with van der Waals surface area (Å²) in [6.45, 7) is 5.40. The maximum absolute atomic E-state index is 12.1. The molecule has 0 aromatic heterocycles. The smallest absolute Gasteiger partial charge is 0.100 e. The summed E-state index contributed by atoms with van der Waals surface area (Å²) in [5, 5.41) is 0. The van der Waals surface area contributed by atoms with Crippen molar-refractivity contribution in [2.24, 2.45) is 0 Å². The van der Waals surface area contributed by atoms with E-state index in [1.165, 1.54) is 0 Å². The second kappa shape index (κ2) is 4.10. The number of hydrogen-bond acceptors (Lipinski definition) is 0. The molecule has 0 aromatic rings. The highest BCUT2D eigenvalue weighted by atomic mass is 19.1. The third-order valence-corrected chi connectivity index (χ3v) is 0.915. The minimum Gasteiger partial charge on any atom is -0.247 e. The predicted octanol–water partition coefficient (Wildman–Crippen LogP) is 2.35. The lowest BCUT2D eigenvalue weighted by molar-refractivity contribution is 0.314. The average molecular weight is 103 g/mol. The van der Waals surface area contributed by atoms with E-state index >= 15 is 0 Å². The summed E-state index contributed by atoms with van der Waals surface area (Å²) in [5.41, 5.74) is 0. The predicted molar refractivity (Wildman–Crippen MR) is 29.8 cm³/mol. The summed E-state index contributed by atoms with van der Waals surface area (Å²) in [6, 6.07) is 0. The molecular formula is C6H12F. The molecule has 0 spiro atoms. The highest BCUT2D eigenvalue weighted by Crippen LogP contribution is 2.03. The van der Waals surface area contributed by atoms with Gasteiger partial charge in [0.15, 0.2) is 0 Å². The summed E-state index contributed by atoms with van der Waals surface area (Å²) in [4.78, 5) is 0. The first kappa shape index (κ1) is 6.93. The zero-order valence-corrected chi connectivity index (χ0v) is 4.78. The lowest BCUT2D eigenvalue weighted by Crippen LogP contribution is -1.94. The van der Waals surface area contributed by atoms with Crippen molar-refractivity contribution in [2.45, 2.75) is 32.4 Å². The summed E-state index contributed by atoms with van der Waals surface area (Å²) in [6.07, 6.45) is 1.36. The van der Waals surface area contributed by atoms with Crippen LogP contribution in [0.25, 0.3) is 0 Å². The van der Waals surface area contributed by atoms with E-state index < -0.39 is 6.17 Å². The molecule has 7 heavy (non-hydrogen) atoms.